The van der Waals surface area contributed by atoms with E-state index in [1.54, 1.807) is 6.92 Å². The van der Waals surface area contributed by atoms with Gasteiger partial charge in [-0.3, -0.25) is 4.79 Å². The molecule has 140 valence electrons. The molecule has 3 heterocycles. The Labute approximate surface area is 155 Å². The highest BCUT2D eigenvalue weighted by Gasteiger charge is 2.20. The number of hydrogen-bond donors (Lipinski definition) is 1. The standard InChI is InChI=1S/C21H30N4O/c1-14(2)5-6-17-9-11-25(12-10-17)19-8-7-18(13-22-19)20-23-16(4)15(3)21(26)24-20/h7-8,13-14,17H,5-6,9-12H2,1-4H3,(H,23,24,26). The summed E-state index contributed by atoms with van der Waals surface area (Å²) in [4.78, 5) is 26.3. The SMILES string of the molecule is Cc1nc(-c2ccc(N3CCC(CCC(C)C)CC3)nc2)[nH]c(=O)c1C. The number of nitrogens with zero attached hydrogens (tertiary/aromatic N) is 3. The fourth-order valence-electron chi connectivity index (χ4n) is 3.51. The summed E-state index contributed by atoms with van der Waals surface area (Å²) in [6, 6.07) is 4.04. The molecule has 0 radical (unpaired) electrons. The summed E-state index contributed by atoms with van der Waals surface area (Å²) in [5, 5.41) is 0. The van der Waals surface area contributed by atoms with E-state index in [-0.39, 0.29) is 5.56 Å². The molecule has 0 saturated carbocycles. The molecular weight excluding hydrogens is 324 g/mol. The Hall–Kier alpha value is -2.17. The lowest BCUT2D eigenvalue weighted by Gasteiger charge is -2.33. The van der Waals surface area contributed by atoms with E-state index in [0.29, 0.717) is 11.4 Å². The van der Waals surface area contributed by atoms with Gasteiger partial charge in [0.05, 0.1) is 0 Å². The molecule has 0 atom stereocenters. The zero-order valence-corrected chi connectivity index (χ0v) is 16.4. The van der Waals surface area contributed by atoms with E-state index in [2.05, 4.69) is 33.7 Å². The number of anilines is 1. The number of nitrogens with one attached hydrogen (secondary N) is 1. The largest absolute Gasteiger partial charge is 0.357 e. The second-order valence-corrected chi connectivity index (χ2v) is 7.93. The molecule has 26 heavy (non-hydrogen) atoms. The second kappa shape index (κ2) is 8.02. The highest BCUT2D eigenvalue weighted by molar-refractivity contribution is 5.56. The number of aryl methyl sites for hydroxylation is 1. The minimum atomic E-state index is -0.0833. The topological polar surface area (TPSA) is 61.9 Å². The average molecular weight is 354 g/mol. The molecule has 0 bridgehead atoms. The van der Waals surface area contributed by atoms with Crippen molar-refractivity contribution in [1.29, 1.82) is 0 Å². The van der Waals surface area contributed by atoms with E-state index in [4.69, 9.17) is 0 Å². The quantitative estimate of drug-likeness (QED) is 0.878. The van der Waals surface area contributed by atoms with E-state index < -0.39 is 0 Å². The molecule has 0 aromatic carbocycles. The lowest BCUT2D eigenvalue weighted by atomic mass is 9.89. The molecule has 5 nitrogen and oxygen atoms in total. The van der Waals surface area contributed by atoms with Crippen LogP contribution in [0.1, 0.15) is 50.8 Å². The maximum absolute atomic E-state index is 12.0. The van der Waals surface area contributed by atoms with Gasteiger partial charge >= 0.3 is 0 Å². The van der Waals surface area contributed by atoms with Gasteiger partial charge < -0.3 is 9.88 Å². The van der Waals surface area contributed by atoms with E-state index in [1.807, 2.05) is 25.3 Å². The molecule has 2 aromatic heterocycles. The van der Waals surface area contributed by atoms with Crippen molar-refractivity contribution in [2.45, 2.75) is 53.4 Å². The van der Waals surface area contributed by atoms with Crippen molar-refractivity contribution in [3.8, 4) is 11.4 Å². The van der Waals surface area contributed by atoms with Crippen molar-refractivity contribution in [2.75, 3.05) is 18.0 Å². The highest BCUT2D eigenvalue weighted by atomic mass is 16.1. The van der Waals surface area contributed by atoms with Crippen LogP contribution in [0.3, 0.4) is 0 Å². The van der Waals surface area contributed by atoms with Gasteiger partial charge in [0.2, 0.25) is 0 Å². The maximum atomic E-state index is 12.0. The van der Waals surface area contributed by atoms with Gasteiger partial charge in [0.25, 0.3) is 5.56 Å². The van der Waals surface area contributed by atoms with Crippen LogP contribution in [0.4, 0.5) is 5.82 Å². The van der Waals surface area contributed by atoms with Gasteiger partial charge in [0.15, 0.2) is 0 Å². The molecule has 1 aliphatic rings. The summed E-state index contributed by atoms with van der Waals surface area (Å²) in [5.41, 5.74) is 2.19. The zero-order valence-electron chi connectivity index (χ0n) is 16.4. The van der Waals surface area contributed by atoms with Gasteiger partial charge in [-0.05, 0) is 50.7 Å². The molecular formula is C21H30N4O. The number of hydrogen-bond acceptors (Lipinski definition) is 4. The van der Waals surface area contributed by atoms with Crippen LogP contribution >= 0.6 is 0 Å². The van der Waals surface area contributed by atoms with Crippen molar-refractivity contribution in [2.24, 2.45) is 11.8 Å². The van der Waals surface area contributed by atoms with Crippen molar-refractivity contribution in [3.63, 3.8) is 0 Å². The van der Waals surface area contributed by atoms with E-state index in [9.17, 15) is 4.79 Å². The summed E-state index contributed by atoms with van der Waals surface area (Å²) < 4.78 is 0. The number of H-pyrrole nitrogens is 1. The van der Waals surface area contributed by atoms with E-state index in [1.165, 1.54) is 25.7 Å². The van der Waals surface area contributed by atoms with Crippen LogP contribution < -0.4 is 10.5 Å². The fourth-order valence-corrected chi connectivity index (χ4v) is 3.51. The first-order valence-corrected chi connectivity index (χ1v) is 9.73. The predicted octanol–water partition coefficient (Wildman–Crippen LogP) is 4.10. The molecule has 3 rings (SSSR count). The Kier molecular flexibility index (Phi) is 5.74. The van der Waals surface area contributed by atoms with E-state index >= 15 is 0 Å². The third-order valence-electron chi connectivity index (χ3n) is 5.51. The minimum Gasteiger partial charge on any atom is -0.357 e. The molecule has 1 aliphatic heterocycles. The lowest BCUT2D eigenvalue weighted by molar-refractivity contribution is 0.351. The molecule has 0 aliphatic carbocycles. The van der Waals surface area contributed by atoms with Gasteiger partial charge in [0.1, 0.15) is 11.6 Å². The van der Waals surface area contributed by atoms with E-state index in [0.717, 1.165) is 42.0 Å². The molecule has 0 unspecified atom stereocenters. The number of piperidine rings is 1. The van der Waals surface area contributed by atoms with Gasteiger partial charge in [-0.25, -0.2) is 9.97 Å². The van der Waals surface area contributed by atoms with Crippen molar-refractivity contribution in [3.05, 3.63) is 39.9 Å². The van der Waals surface area contributed by atoms with Crippen molar-refractivity contribution >= 4 is 5.82 Å². The third kappa shape index (κ3) is 4.32. The van der Waals surface area contributed by atoms with Gasteiger partial charge in [-0.2, -0.15) is 0 Å². The number of aromatic amines is 1. The Morgan fingerprint density at radius 3 is 2.54 bits per heavy atom. The second-order valence-electron chi connectivity index (χ2n) is 7.93. The summed E-state index contributed by atoms with van der Waals surface area (Å²) in [6.45, 7) is 10.4. The summed E-state index contributed by atoms with van der Waals surface area (Å²) in [5.74, 6) is 3.26. The monoisotopic (exact) mass is 354 g/mol. The molecule has 0 spiro atoms. The normalized spacial score (nSPS) is 15.7. The van der Waals surface area contributed by atoms with Crippen LogP contribution in [0.5, 0.6) is 0 Å². The number of rotatable bonds is 5. The zero-order chi connectivity index (χ0) is 18.7. The third-order valence-corrected chi connectivity index (χ3v) is 5.51. The van der Waals surface area contributed by atoms with Crippen LogP contribution in [0.2, 0.25) is 0 Å². The smallest absolute Gasteiger partial charge is 0.254 e. The first-order valence-electron chi connectivity index (χ1n) is 9.73. The first kappa shape index (κ1) is 18.6. The van der Waals surface area contributed by atoms with Gasteiger partial charge in [-0.15, -0.1) is 0 Å². The van der Waals surface area contributed by atoms with Crippen LogP contribution in [0, 0.1) is 25.7 Å². The van der Waals surface area contributed by atoms with Crippen LogP contribution in [-0.4, -0.2) is 28.0 Å². The molecule has 1 N–H and O–H groups in total. The molecule has 1 saturated heterocycles. The average Bonchev–Trinajstić information content (AvgIpc) is 2.64. The summed E-state index contributed by atoms with van der Waals surface area (Å²) in [6.07, 6.45) is 7.00. The summed E-state index contributed by atoms with van der Waals surface area (Å²) >= 11 is 0. The highest BCUT2D eigenvalue weighted by Crippen LogP contribution is 2.27. The van der Waals surface area contributed by atoms with Crippen LogP contribution in [-0.2, 0) is 0 Å². The number of pyridine rings is 1. The Morgan fingerprint density at radius 1 is 1.23 bits per heavy atom. The van der Waals surface area contributed by atoms with Crippen molar-refractivity contribution in [1.82, 2.24) is 15.0 Å². The first-order chi connectivity index (χ1) is 12.4. The molecule has 1 fully saturated rings. The maximum Gasteiger partial charge on any atom is 0.254 e. The number of aromatic nitrogens is 3. The fraction of sp³-hybridized carbons (Fsp3) is 0.571. The van der Waals surface area contributed by atoms with Gasteiger partial charge in [-0.1, -0.05) is 26.7 Å². The molecule has 5 heteroatoms. The van der Waals surface area contributed by atoms with Crippen LogP contribution in [0.25, 0.3) is 11.4 Å². The predicted molar refractivity (Wildman–Crippen MR) is 107 cm³/mol. The lowest BCUT2D eigenvalue weighted by Crippen LogP contribution is -2.34. The van der Waals surface area contributed by atoms with Gasteiger partial charge in [0, 0.05) is 36.1 Å². The van der Waals surface area contributed by atoms with Crippen LogP contribution in [0.15, 0.2) is 23.1 Å². The Morgan fingerprint density at radius 2 is 1.96 bits per heavy atom. The summed E-state index contributed by atoms with van der Waals surface area (Å²) in [7, 11) is 0. The molecule has 0 amide bonds. The molecule has 2 aromatic rings. The van der Waals surface area contributed by atoms with Crippen molar-refractivity contribution < 1.29 is 0 Å². The Bertz CT molecular complexity index is 787. The minimum absolute atomic E-state index is 0.0833. The Balaban J connectivity index is 1.65.